The molecule has 0 bridgehead atoms. The maximum Gasteiger partial charge on any atom is 0.329 e. The van der Waals surface area contributed by atoms with E-state index in [2.05, 4.69) is 48.4 Å². The summed E-state index contributed by atoms with van der Waals surface area (Å²) >= 11 is 6.81. The molecule has 0 aromatic heterocycles. The number of aryl methyl sites for hydroxylation is 1. The molecule has 0 unspecified atom stereocenters. The molecule has 164 valence electrons. The van der Waals surface area contributed by atoms with Gasteiger partial charge < -0.3 is 15.4 Å². The van der Waals surface area contributed by atoms with Crippen LogP contribution in [0.3, 0.4) is 0 Å². The Balaban J connectivity index is 1.74. The fraction of sp³-hybridized carbons (Fsp3) is 0.174. The predicted octanol–water partition coefficient (Wildman–Crippen LogP) is 4.32. The van der Waals surface area contributed by atoms with Crippen molar-refractivity contribution in [3.63, 3.8) is 0 Å². The van der Waals surface area contributed by atoms with E-state index in [-0.39, 0.29) is 12.3 Å². The van der Waals surface area contributed by atoms with Crippen LogP contribution in [-0.4, -0.2) is 35.9 Å². The molecule has 1 fully saturated rings. The number of carbonyl (C=O) groups excluding carboxylic acids is 3. The van der Waals surface area contributed by atoms with Crippen molar-refractivity contribution in [3.05, 3.63) is 62.2 Å². The molecule has 0 aliphatic carbocycles. The fourth-order valence-corrected chi connectivity index (χ4v) is 4.53. The van der Waals surface area contributed by atoms with Gasteiger partial charge in [-0.15, -0.1) is 6.42 Å². The van der Waals surface area contributed by atoms with Crippen LogP contribution in [0.15, 0.2) is 51.0 Å². The van der Waals surface area contributed by atoms with E-state index in [1.807, 2.05) is 25.1 Å². The molecule has 4 amide bonds. The number of carbonyl (C=O) groups is 3. The summed E-state index contributed by atoms with van der Waals surface area (Å²) < 4.78 is 6.71. The Bertz CT molecular complexity index is 1130. The monoisotopic (exact) mass is 559 g/mol. The van der Waals surface area contributed by atoms with Crippen molar-refractivity contribution in [2.75, 3.05) is 18.5 Å². The first kappa shape index (κ1) is 23.6. The Morgan fingerprint density at radius 2 is 1.94 bits per heavy atom. The van der Waals surface area contributed by atoms with Crippen LogP contribution < -0.4 is 15.4 Å². The number of nitrogens with zero attached hydrogens (tertiary/aromatic N) is 1. The number of terminal acetylenes is 1. The van der Waals surface area contributed by atoms with E-state index < -0.39 is 24.4 Å². The predicted molar refractivity (Wildman–Crippen MR) is 129 cm³/mol. The molecule has 0 atom stereocenters. The van der Waals surface area contributed by atoms with E-state index >= 15 is 0 Å². The van der Waals surface area contributed by atoms with E-state index in [0.29, 0.717) is 25.9 Å². The molecule has 2 aromatic rings. The lowest BCUT2D eigenvalue weighted by Gasteiger charge is -2.13. The van der Waals surface area contributed by atoms with Gasteiger partial charge in [-0.1, -0.05) is 31.0 Å². The second-order valence-electron chi connectivity index (χ2n) is 6.74. The Kier molecular flexibility index (Phi) is 7.72. The number of hydrogen-bond donors (Lipinski definition) is 2. The molecule has 2 N–H and O–H groups in total. The molecule has 2 aromatic carbocycles. The minimum Gasteiger partial charge on any atom is -0.479 e. The molecule has 7 nitrogen and oxygen atoms in total. The maximum absolute atomic E-state index is 12.7. The highest BCUT2D eigenvalue weighted by Gasteiger charge is 2.35. The van der Waals surface area contributed by atoms with E-state index in [1.165, 1.54) is 6.08 Å². The summed E-state index contributed by atoms with van der Waals surface area (Å²) in [7, 11) is 0. The Morgan fingerprint density at radius 3 is 2.59 bits per heavy atom. The number of ether oxygens (including phenoxy) is 1. The first-order valence-electron chi connectivity index (χ1n) is 9.61. The van der Waals surface area contributed by atoms with Gasteiger partial charge in [0.15, 0.2) is 0 Å². The van der Waals surface area contributed by atoms with Crippen LogP contribution in [0.4, 0.5) is 10.5 Å². The topological polar surface area (TPSA) is 87.7 Å². The van der Waals surface area contributed by atoms with Gasteiger partial charge in [-0.25, -0.2) is 9.69 Å². The third kappa shape index (κ3) is 5.39. The summed E-state index contributed by atoms with van der Waals surface area (Å²) in [6, 6.07) is 10.2. The molecule has 0 saturated carbocycles. The largest absolute Gasteiger partial charge is 0.479 e. The Morgan fingerprint density at radius 1 is 1.25 bits per heavy atom. The number of halogens is 2. The number of nitrogens with one attached hydrogen (secondary N) is 2. The van der Waals surface area contributed by atoms with Crippen LogP contribution >= 0.6 is 31.9 Å². The number of anilines is 1. The SMILES string of the molecule is C#CCOc1c(Br)cc(/C=C2/NC(=O)N(CC(=O)Nc3ccccc3CC)C2=O)cc1Br. The van der Waals surface area contributed by atoms with Gasteiger partial charge >= 0.3 is 6.03 Å². The van der Waals surface area contributed by atoms with Crippen molar-refractivity contribution in [3.8, 4) is 18.1 Å². The van der Waals surface area contributed by atoms with Crippen LogP contribution in [-0.2, 0) is 16.0 Å². The van der Waals surface area contributed by atoms with Crippen molar-refractivity contribution in [1.29, 1.82) is 0 Å². The van der Waals surface area contributed by atoms with Crippen LogP contribution in [0.1, 0.15) is 18.1 Å². The van der Waals surface area contributed by atoms with Crippen LogP contribution in [0.25, 0.3) is 6.08 Å². The third-order valence-electron chi connectivity index (χ3n) is 4.57. The summed E-state index contributed by atoms with van der Waals surface area (Å²) in [4.78, 5) is 38.4. The highest BCUT2D eigenvalue weighted by atomic mass is 79.9. The second-order valence-corrected chi connectivity index (χ2v) is 8.45. The fourth-order valence-electron chi connectivity index (χ4n) is 3.08. The number of hydrogen-bond acceptors (Lipinski definition) is 4. The first-order valence-corrected chi connectivity index (χ1v) is 11.2. The van der Waals surface area contributed by atoms with Crippen LogP contribution in [0.5, 0.6) is 5.75 Å². The van der Waals surface area contributed by atoms with Crippen molar-refractivity contribution in [2.24, 2.45) is 0 Å². The van der Waals surface area contributed by atoms with Gasteiger partial charge in [0.25, 0.3) is 5.91 Å². The molecular weight excluding hydrogens is 542 g/mol. The summed E-state index contributed by atoms with van der Waals surface area (Å²) in [5.74, 6) is 1.86. The minimum absolute atomic E-state index is 0.0628. The lowest BCUT2D eigenvalue weighted by molar-refractivity contribution is -0.127. The van der Waals surface area contributed by atoms with Gasteiger partial charge in [-0.05, 0) is 73.7 Å². The lowest BCUT2D eigenvalue weighted by atomic mass is 10.1. The molecule has 3 rings (SSSR count). The molecule has 0 spiro atoms. The quantitative estimate of drug-likeness (QED) is 0.300. The number of rotatable bonds is 7. The summed E-state index contributed by atoms with van der Waals surface area (Å²) in [6.07, 6.45) is 7.48. The van der Waals surface area contributed by atoms with E-state index in [0.717, 1.165) is 16.9 Å². The highest BCUT2D eigenvalue weighted by Crippen LogP contribution is 2.35. The molecule has 1 aliphatic rings. The van der Waals surface area contributed by atoms with Crippen LogP contribution in [0.2, 0.25) is 0 Å². The average molecular weight is 561 g/mol. The van der Waals surface area contributed by atoms with Gasteiger partial charge in [-0.2, -0.15) is 0 Å². The van der Waals surface area contributed by atoms with E-state index in [4.69, 9.17) is 11.2 Å². The first-order chi connectivity index (χ1) is 15.3. The number of benzene rings is 2. The zero-order valence-corrected chi connectivity index (χ0v) is 20.2. The summed E-state index contributed by atoms with van der Waals surface area (Å²) in [5, 5.41) is 5.27. The zero-order chi connectivity index (χ0) is 23.3. The number of para-hydroxylation sites is 1. The van der Waals surface area contributed by atoms with Gasteiger partial charge in [0.05, 0.1) is 8.95 Å². The summed E-state index contributed by atoms with van der Waals surface area (Å²) in [6.45, 7) is 1.68. The number of urea groups is 1. The van der Waals surface area contributed by atoms with Crippen molar-refractivity contribution in [2.45, 2.75) is 13.3 Å². The minimum atomic E-state index is -0.660. The van der Waals surface area contributed by atoms with Crippen molar-refractivity contribution in [1.82, 2.24) is 10.2 Å². The second kappa shape index (κ2) is 10.5. The molecule has 0 radical (unpaired) electrons. The normalized spacial score (nSPS) is 14.3. The van der Waals surface area contributed by atoms with Crippen LogP contribution in [0, 0.1) is 12.3 Å². The van der Waals surface area contributed by atoms with Crippen molar-refractivity contribution >= 4 is 61.5 Å². The zero-order valence-electron chi connectivity index (χ0n) is 17.1. The van der Waals surface area contributed by atoms with E-state index in [9.17, 15) is 14.4 Å². The lowest BCUT2D eigenvalue weighted by Crippen LogP contribution is -2.38. The van der Waals surface area contributed by atoms with Gasteiger partial charge in [0.1, 0.15) is 24.6 Å². The molecule has 9 heteroatoms. The molecular formula is C23H19Br2N3O4. The third-order valence-corrected chi connectivity index (χ3v) is 5.75. The molecule has 1 heterocycles. The van der Waals surface area contributed by atoms with Gasteiger partial charge in [-0.3, -0.25) is 9.59 Å². The number of amides is 4. The summed E-state index contributed by atoms with van der Waals surface area (Å²) in [5.41, 5.74) is 2.31. The Labute approximate surface area is 202 Å². The highest BCUT2D eigenvalue weighted by molar-refractivity contribution is 9.11. The van der Waals surface area contributed by atoms with Gasteiger partial charge in [0, 0.05) is 5.69 Å². The average Bonchev–Trinajstić information content (AvgIpc) is 3.01. The standard InChI is InChI=1S/C23H19Br2N3O4/c1-3-9-32-21-16(24)10-14(11-17(21)25)12-19-22(30)28(23(31)27-19)13-20(29)26-18-8-6-5-7-15(18)4-2/h1,5-8,10-12H,4,9,13H2,2H3,(H,26,29)(H,27,31)/b19-12+. The molecule has 32 heavy (non-hydrogen) atoms. The van der Waals surface area contributed by atoms with Crippen molar-refractivity contribution < 1.29 is 19.1 Å². The molecule has 1 saturated heterocycles. The van der Waals surface area contributed by atoms with Gasteiger partial charge in [0.2, 0.25) is 5.91 Å². The smallest absolute Gasteiger partial charge is 0.329 e. The molecule has 1 aliphatic heterocycles. The maximum atomic E-state index is 12.7. The van der Waals surface area contributed by atoms with E-state index in [1.54, 1.807) is 18.2 Å². The Hall–Kier alpha value is -3.09. The number of imide groups is 1.